The van der Waals surface area contributed by atoms with E-state index in [-0.39, 0.29) is 23.1 Å². The van der Waals surface area contributed by atoms with Crippen LogP contribution in [0.25, 0.3) is 10.9 Å². The van der Waals surface area contributed by atoms with Crippen LogP contribution in [0.2, 0.25) is 0 Å². The quantitative estimate of drug-likeness (QED) is 0.500. The van der Waals surface area contributed by atoms with Gasteiger partial charge in [0.25, 0.3) is 5.91 Å². The van der Waals surface area contributed by atoms with Gasteiger partial charge in [0.05, 0.1) is 22.9 Å². The third-order valence-corrected chi connectivity index (χ3v) is 9.09. The Bertz CT molecular complexity index is 1330. The molecule has 0 spiro atoms. The number of pyridine rings is 1. The van der Waals surface area contributed by atoms with Gasteiger partial charge in [-0.25, -0.2) is 8.42 Å². The maximum atomic E-state index is 12.9. The highest BCUT2D eigenvalue weighted by Gasteiger charge is 2.29. The Morgan fingerprint density at radius 2 is 1.94 bits per heavy atom. The molecule has 0 unspecified atom stereocenters. The number of sulfone groups is 1. The number of carbonyl (C=O) groups excluding carboxylic acids is 1. The van der Waals surface area contributed by atoms with Gasteiger partial charge in [-0.2, -0.15) is 0 Å². The third kappa shape index (κ3) is 5.14. The summed E-state index contributed by atoms with van der Waals surface area (Å²) in [5.74, 6) is -0.126. The number of amides is 1. The summed E-state index contributed by atoms with van der Waals surface area (Å²) in [6.45, 7) is 6.29. The van der Waals surface area contributed by atoms with E-state index in [1.807, 2.05) is 12.1 Å². The zero-order valence-corrected chi connectivity index (χ0v) is 21.4. The second-order valence-electron chi connectivity index (χ2n) is 9.90. The van der Waals surface area contributed by atoms with E-state index < -0.39 is 9.84 Å². The number of piperidine rings is 1. The van der Waals surface area contributed by atoms with Crippen LogP contribution >= 0.6 is 0 Å². The van der Waals surface area contributed by atoms with Crippen molar-refractivity contribution >= 4 is 26.6 Å². The summed E-state index contributed by atoms with van der Waals surface area (Å²) >= 11 is 0. The molecule has 2 fully saturated rings. The van der Waals surface area contributed by atoms with Crippen molar-refractivity contribution in [2.45, 2.75) is 76.0 Å². The lowest BCUT2D eigenvalue weighted by atomic mass is 10.0. The number of hydrogen-bond acceptors (Lipinski definition) is 5. The van der Waals surface area contributed by atoms with Crippen LogP contribution in [0.5, 0.6) is 0 Å². The molecule has 8 heteroatoms. The Morgan fingerprint density at radius 1 is 1.11 bits per heavy atom. The first-order valence-corrected chi connectivity index (χ1v) is 14.3. The fraction of sp³-hybridized carbons (Fsp3) is 0.481. The highest BCUT2D eigenvalue weighted by Crippen LogP contribution is 2.40. The van der Waals surface area contributed by atoms with Gasteiger partial charge in [-0.1, -0.05) is 13.3 Å². The van der Waals surface area contributed by atoms with E-state index in [0.29, 0.717) is 23.3 Å². The van der Waals surface area contributed by atoms with Gasteiger partial charge < -0.3 is 9.88 Å². The van der Waals surface area contributed by atoms with Crippen LogP contribution < -0.4 is 5.32 Å². The van der Waals surface area contributed by atoms with Crippen LogP contribution in [0.15, 0.2) is 47.5 Å². The monoisotopic (exact) mass is 494 g/mol. The van der Waals surface area contributed by atoms with Gasteiger partial charge in [-0.05, 0) is 75.5 Å². The summed E-state index contributed by atoms with van der Waals surface area (Å²) in [6, 6.07) is 12.6. The molecule has 1 N–H and O–H groups in total. The molecule has 0 radical (unpaired) electrons. The highest BCUT2D eigenvalue weighted by atomic mass is 32.2. The lowest BCUT2D eigenvalue weighted by molar-refractivity contribution is 0.0950. The van der Waals surface area contributed by atoms with E-state index in [9.17, 15) is 13.2 Å². The Balaban J connectivity index is 1.31. The van der Waals surface area contributed by atoms with Gasteiger partial charge in [-0.3, -0.25) is 14.7 Å². The molecule has 1 saturated carbocycles. The molecule has 1 aliphatic heterocycles. The molecule has 2 aliphatic rings. The topological polar surface area (TPSA) is 84.3 Å². The lowest BCUT2D eigenvalue weighted by Crippen LogP contribution is -2.37. The Hall–Kier alpha value is -2.71. The van der Waals surface area contributed by atoms with Gasteiger partial charge in [0, 0.05) is 47.0 Å². The van der Waals surface area contributed by atoms with E-state index in [2.05, 4.69) is 38.8 Å². The van der Waals surface area contributed by atoms with Gasteiger partial charge >= 0.3 is 0 Å². The smallest absolute Gasteiger partial charge is 0.251 e. The van der Waals surface area contributed by atoms with Crippen molar-refractivity contribution in [1.82, 2.24) is 19.8 Å². The van der Waals surface area contributed by atoms with Gasteiger partial charge in [-0.15, -0.1) is 0 Å². The third-order valence-electron chi connectivity index (χ3n) is 7.37. The molecule has 1 saturated heterocycles. The first-order valence-electron chi connectivity index (χ1n) is 12.7. The molecule has 1 aromatic carbocycles. The van der Waals surface area contributed by atoms with Crippen molar-refractivity contribution in [2.75, 3.05) is 12.3 Å². The molecule has 35 heavy (non-hydrogen) atoms. The van der Waals surface area contributed by atoms with E-state index in [1.165, 1.54) is 49.5 Å². The maximum absolute atomic E-state index is 12.9. The van der Waals surface area contributed by atoms with E-state index in [0.717, 1.165) is 18.5 Å². The van der Waals surface area contributed by atoms with Gasteiger partial charge in [0.1, 0.15) is 0 Å². The number of fused-ring (bicyclic) bond motifs is 1. The molecule has 2 aromatic heterocycles. The number of nitrogens with one attached hydrogen (secondary N) is 1. The fourth-order valence-corrected chi connectivity index (χ4v) is 5.88. The second-order valence-corrected chi connectivity index (χ2v) is 12.2. The van der Waals surface area contributed by atoms with Crippen molar-refractivity contribution in [3.63, 3.8) is 0 Å². The number of benzene rings is 1. The largest absolute Gasteiger partial charge is 0.346 e. The molecular formula is C27H34N4O3S. The zero-order valence-electron chi connectivity index (χ0n) is 20.5. The molecule has 5 rings (SSSR count). The molecule has 3 aromatic rings. The summed E-state index contributed by atoms with van der Waals surface area (Å²) in [7, 11) is -3.28. The first kappa shape index (κ1) is 24.0. The Kier molecular flexibility index (Phi) is 6.68. The predicted octanol–water partition coefficient (Wildman–Crippen LogP) is 4.47. The highest BCUT2D eigenvalue weighted by molar-refractivity contribution is 7.91. The average Bonchev–Trinajstić information content (AvgIpc) is 3.64. The van der Waals surface area contributed by atoms with Crippen LogP contribution in [0, 0.1) is 0 Å². The molecular weight excluding hydrogens is 460 g/mol. The van der Waals surface area contributed by atoms with Gasteiger partial charge in [0.2, 0.25) is 0 Å². The molecule has 1 amide bonds. The molecule has 186 valence electrons. The van der Waals surface area contributed by atoms with E-state index >= 15 is 0 Å². The zero-order chi connectivity index (χ0) is 24.6. The number of nitrogens with zero attached hydrogens (tertiary/aromatic N) is 3. The summed E-state index contributed by atoms with van der Waals surface area (Å²) < 4.78 is 26.4. The second kappa shape index (κ2) is 9.74. The lowest BCUT2D eigenvalue weighted by Gasteiger charge is -2.33. The normalized spacial score (nSPS) is 19.2. The summed E-state index contributed by atoms with van der Waals surface area (Å²) in [5, 5.41) is 4.02. The number of hydrogen-bond donors (Lipinski definition) is 1. The van der Waals surface area contributed by atoms with Crippen LogP contribution in [0.3, 0.4) is 0 Å². The Morgan fingerprint density at radius 3 is 2.63 bits per heavy atom. The van der Waals surface area contributed by atoms with Crippen LogP contribution in [0.1, 0.15) is 73.7 Å². The summed E-state index contributed by atoms with van der Waals surface area (Å²) in [6.07, 6.45) is 7.65. The van der Waals surface area contributed by atoms with Crippen molar-refractivity contribution in [1.29, 1.82) is 0 Å². The Labute approximate surface area is 207 Å². The minimum atomic E-state index is -3.28. The summed E-state index contributed by atoms with van der Waals surface area (Å²) in [5.41, 5.74) is 3.79. The number of carbonyl (C=O) groups is 1. The van der Waals surface area contributed by atoms with Crippen LogP contribution in [-0.4, -0.2) is 47.1 Å². The maximum Gasteiger partial charge on any atom is 0.251 e. The van der Waals surface area contributed by atoms with E-state index in [4.69, 9.17) is 0 Å². The number of likely N-dealkylation sites (tertiary alicyclic amines) is 1. The first-order chi connectivity index (χ1) is 16.9. The molecule has 1 atom stereocenters. The van der Waals surface area contributed by atoms with Gasteiger partial charge in [0.15, 0.2) is 9.84 Å². The molecule has 0 bridgehead atoms. The van der Waals surface area contributed by atoms with Crippen molar-refractivity contribution in [3.05, 3.63) is 59.5 Å². The summed E-state index contributed by atoms with van der Waals surface area (Å²) in [4.78, 5) is 19.9. The molecule has 3 heterocycles. The number of rotatable bonds is 8. The minimum absolute atomic E-state index is 0.0362. The number of aromatic nitrogens is 2. The minimum Gasteiger partial charge on any atom is -0.346 e. The predicted molar refractivity (Wildman–Crippen MR) is 137 cm³/mol. The van der Waals surface area contributed by atoms with Crippen molar-refractivity contribution in [3.8, 4) is 0 Å². The van der Waals surface area contributed by atoms with Crippen LogP contribution in [-0.2, 0) is 22.9 Å². The van der Waals surface area contributed by atoms with E-state index in [1.54, 1.807) is 19.1 Å². The molecule has 1 aliphatic carbocycles. The fourth-order valence-electron chi connectivity index (χ4n) is 5.06. The molecule has 7 nitrogen and oxygen atoms in total. The standard InChI is InChI=1S/C27H34N4O3S/c1-3-35(33,34)25-11-8-22(28-17-25)16-29-27(32)20-7-12-26-21(14-20)15-24(31(26)23-9-10-23)18-30-13-5-4-6-19(30)2/h7-8,11-12,14-15,17,19,23H,3-6,9-10,13,16,18H2,1-2H3,(H,29,32)/t19-/m0/s1. The van der Waals surface area contributed by atoms with Crippen molar-refractivity contribution < 1.29 is 13.2 Å². The SMILES string of the molecule is CCS(=O)(=O)c1ccc(CNC(=O)c2ccc3c(c2)cc(CN2CCCC[C@@H]2C)n3C2CC2)nc1. The van der Waals surface area contributed by atoms with Crippen LogP contribution in [0.4, 0.5) is 0 Å². The average molecular weight is 495 g/mol. The van der Waals surface area contributed by atoms with Crippen molar-refractivity contribution in [2.24, 2.45) is 0 Å².